The van der Waals surface area contributed by atoms with Crippen molar-refractivity contribution in [2.24, 2.45) is 0 Å². The molecular weight excluding hydrogens is 391 g/mol. The highest BCUT2D eigenvalue weighted by Gasteiger charge is 2.23. The molecule has 142 valence electrons. The summed E-state index contributed by atoms with van der Waals surface area (Å²) in [6.07, 6.45) is 1.09. The van der Waals surface area contributed by atoms with Crippen LogP contribution >= 0.6 is 11.6 Å². The minimum Gasteiger partial charge on any atom is -0.334 e. The molecule has 0 aliphatic rings. The first-order valence-electron chi connectivity index (χ1n) is 7.78. The van der Waals surface area contributed by atoms with Gasteiger partial charge < -0.3 is 5.32 Å². The molecular formula is C17H12ClFN6O3. The first-order valence-corrected chi connectivity index (χ1v) is 8.16. The second-order valence-electron chi connectivity index (χ2n) is 5.39. The van der Waals surface area contributed by atoms with Gasteiger partial charge in [-0.25, -0.2) is 14.4 Å². The minimum atomic E-state index is -0.690. The molecule has 0 aliphatic carbocycles. The lowest BCUT2D eigenvalue weighted by atomic mass is 10.2. The first-order chi connectivity index (χ1) is 13.4. The van der Waals surface area contributed by atoms with E-state index >= 15 is 0 Å². The van der Waals surface area contributed by atoms with Crippen molar-refractivity contribution in [1.82, 2.24) is 15.4 Å². The molecule has 1 aromatic heterocycles. The third-order valence-electron chi connectivity index (χ3n) is 3.51. The number of nitrogens with zero attached hydrogens (tertiary/aromatic N) is 3. The van der Waals surface area contributed by atoms with Crippen molar-refractivity contribution >= 4 is 40.5 Å². The smallest absolute Gasteiger partial charge is 0.334 e. The lowest BCUT2D eigenvalue weighted by Crippen LogP contribution is -2.30. The van der Waals surface area contributed by atoms with Gasteiger partial charge in [0.2, 0.25) is 11.6 Å². The van der Waals surface area contributed by atoms with Crippen molar-refractivity contribution in [2.75, 3.05) is 10.7 Å². The van der Waals surface area contributed by atoms with E-state index in [0.29, 0.717) is 10.7 Å². The van der Waals surface area contributed by atoms with Crippen LogP contribution in [0.2, 0.25) is 5.02 Å². The average Bonchev–Trinajstić information content (AvgIpc) is 2.68. The Morgan fingerprint density at radius 3 is 2.32 bits per heavy atom. The minimum absolute atomic E-state index is 0.0825. The highest BCUT2D eigenvalue weighted by atomic mass is 35.5. The van der Waals surface area contributed by atoms with Gasteiger partial charge >= 0.3 is 5.69 Å². The van der Waals surface area contributed by atoms with Gasteiger partial charge in [0.1, 0.15) is 12.1 Å². The van der Waals surface area contributed by atoms with Gasteiger partial charge in [-0.1, -0.05) is 11.6 Å². The van der Waals surface area contributed by atoms with E-state index in [0.717, 1.165) is 18.5 Å². The van der Waals surface area contributed by atoms with Crippen molar-refractivity contribution in [3.05, 3.63) is 81.4 Å². The third-order valence-corrected chi connectivity index (χ3v) is 3.76. The largest absolute Gasteiger partial charge is 0.355 e. The molecule has 0 radical (unpaired) electrons. The summed E-state index contributed by atoms with van der Waals surface area (Å²) in [6.45, 7) is 0. The van der Waals surface area contributed by atoms with Crippen molar-refractivity contribution < 1.29 is 14.1 Å². The summed E-state index contributed by atoms with van der Waals surface area (Å²) in [6, 6.07) is 11.3. The number of anilines is 3. The van der Waals surface area contributed by atoms with Gasteiger partial charge in [-0.2, -0.15) is 0 Å². The number of nitro groups is 1. The topological polar surface area (TPSA) is 122 Å². The number of hydrogen-bond acceptors (Lipinski definition) is 7. The zero-order chi connectivity index (χ0) is 20.1. The number of aromatic nitrogens is 2. The molecule has 0 unspecified atom stereocenters. The van der Waals surface area contributed by atoms with Crippen molar-refractivity contribution in [2.45, 2.75) is 0 Å². The zero-order valence-electron chi connectivity index (χ0n) is 14.0. The molecule has 0 fully saturated rings. The van der Waals surface area contributed by atoms with Crippen LogP contribution in [0.25, 0.3) is 0 Å². The van der Waals surface area contributed by atoms with Gasteiger partial charge in [-0.3, -0.25) is 25.8 Å². The molecule has 3 aromatic rings. The Morgan fingerprint density at radius 2 is 1.68 bits per heavy atom. The van der Waals surface area contributed by atoms with E-state index in [9.17, 15) is 19.3 Å². The maximum absolute atomic E-state index is 12.9. The monoisotopic (exact) mass is 402 g/mol. The SMILES string of the molecule is O=C(NNc1ncnc(Nc2ccc(Cl)cc2)c1[N+](=O)[O-])c1ccc(F)cc1. The summed E-state index contributed by atoms with van der Waals surface area (Å²) in [7, 11) is 0. The number of amides is 1. The number of carbonyl (C=O) groups excluding carboxylic acids is 1. The van der Waals surface area contributed by atoms with Crippen LogP contribution in [0.3, 0.4) is 0 Å². The van der Waals surface area contributed by atoms with Gasteiger partial charge in [-0.15, -0.1) is 0 Å². The first kappa shape index (κ1) is 19.0. The van der Waals surface area contributed by atoms with Crippen LogP contribution < -0.4 is 16.2 Å². The lowest BCUT2D eigenvalue weighted by Gasteiger charge is -2.11. The summed E-state index contributed by atoms with van der Waals surface area (Å²) in [5, 5.41) is 14.8. The predicted molar refractivity (Wildman–Crippen MR) is 101 cm³/mol. The van der Waals surface area contributed by atoms with E-state index in [-0.39, 0.29) is 17.2 Å². The van der Waals surface area contributed by atoms with Crippen molar-refractivity contribution in [3.63, 3.8) is 0 Å². The Hall–Kier alpha value is -3.79. The molecule has 0 aliphatic heterocycles. The summed E-state index contributed by atoms with van der Waals surface area (Å²) < 4.78 is 12.9. The van der Waals surface area contributed by atoms with Crippen LogP contribution in [0.15, 0.2) is 54.9 Å². The van der Waals surface area contributed by atoms with E-state index in [1.54, 1.807) is 24.3 Å². The van der Waals surface area contributed by atoms with Crippen LogP contribution in [0.5, 0.6) is 0 Å². The van der Waals surface area contributed by atoms with Gasteiger partial charge in [0, 0.05) is 16.3 Å². The highest BCUT2D eigenvalue weighted by Crippen LogP contribution is 2.31. The fraction of sp³-hybridized carbons (Fsp3) is 0. The normalized spacial score (nSPS) is 10.2. The van der Waals surface area contributed by atoms with E-state index in [1.807, 2.05) is 0 Å². The number of rotatable bonds is 6. The number of carbonyl (C=O) groups is 1. The highest BCUT2D eigenvalue weighted by molar-refractivity contribution is 6.30. The van der Waals surface area contributed by atoms with Crippen LogP contribution in [-0.2, 0) is 0 Å². The van der Waals surface area contributed by atoms with Gasteiger partial charge in [0.25, 0.3) is 5.91 Å². The second-order valence-corrected chi connectivity index (χ2v) is 5.83. The van der Waals surface area contributed by atoms with Crippen molar-refractivity contribution in [3.8, 4) is 0 Å². The van der Waals surface area contributed by atoms with Gasteiger partial charge in [0.05, 0.1) is 4.92 Å². The number of hydrazine groups is 1. The van der Waals surface area contributed by atoms with Gasteiger partial charge in [-0.05, 0) is 48.5 Å². The Balaban J connectivity index is 1.80. The Labute approximate surface area is 162 Å². The van der Waals surface area contributed by atoms with E-state index in [1.165, 1.54) is 12.1 Å². The average molecular weight is 403 g/mol. The fourth-order valence-corrected chi connectivity index (χ4v) is 2.32. The number of nitrogens with one attached hydrogen (secondary N) is 3. The van der Waals surface area contributed by atoms with Crippen LogP contribution in [0, 0.1) is 15.9 Å². The molecule has 9 nitrogen and oxygen atoms in total. The lowest BCUT2D eigenvalue weighted by molar-refractivity contribution is -0.383. The zero-order valence-corrected chi connectivity index (χ0v) is 14.8. The molecule has 3 N–H and O–H groups in total. The third kappa shape index (κ3) is 4.48. The molecule has 0 bridgehead atoms. The molecule has 1 heterocycles. The Bertz CT molecular complexity index is 1010. The molecule has 0 saturated carbocycles. The molecule has 0 spiro atoms. The second kappa shape index (κ2) is 8.27. The number of benzene rings is 2. The van der Waals surface area contributed by atoms with Crippen molar-refractivity contribution in [1.29, 1.82) is 0 Å². The summed E-state index contributed by atoms with van der Waals surface area (Å²) in [5.74, 6) is -1.43. The number of halogens is 2. The fourth-order valence-electron chi connectivity index (χ4n) is 2.19. The predicted octanol–water partition coefficient (Wildman–Crippen LogP) is 3.68. The maximum Gasteiger partial charge on any atom is 0.355 e. The maximum atomic E-state index is 12.9. The van der Waals surface area contributed by atoms with Crippen LogP contribution in [0.1, 0.15) is 10.4 Å². The quantitative estimate of drug-likeness (QED) is 0.424. The molecule has 28 heavy (non-hydrogen) atoms. The molecule has 2 aromatic carbocycles. The van der Waals surface area contributed by atoms with Gasteiger partial charge in [0.15, 0.2) is 0 Å². The summed E-state index contributed by atoms with van der Waals surface area (Å²) >= 11 is 5.82. The Kier molecular flexibility index (Phi) is 5.61. The van der Waals surface area contributed by atoms with E-state index in [2.05, 4.69) is 26.1 Å². The van der Waals surface area contributed by atoms with E-state index in [4.69, 9.17) is 11.6 Å². The molecule has 11 heteroatoms. The molecule has 3 rings (SSSR count). The van der Waals surface area contributed by atoms with Crippen LogP contribution in [-0.4, -0.2) is 20.8 Å². The molecule has 0 atom stereocenters. The number of hydrogen-bond donors (Lipinski definition) is 3. The standard InChI is InChI=1S/C17H12ClFN6O3/c18-11-3-7-13(8-4-11)22-15-14(25(27)28)16(21-9-20-15)23-24-17(26)10-1-5-12(19)6-2-10/h1-9H,(H,24,26)(H2,20,21,22,23). The Morgan fingerprint density at radius 1 is 1.04 bits per heavy atom. The van der Waals surface area contributed by atoms with Crippen LogP contribution in [0.4, 0.5) is 27.4 Å². The summed E-state index contributed by atoms with van der Waals surface area (Å²) in [4.78, 5) is 30.6. The van der Waals surface area contributed by atoms with E-state index < -0.39 is 22.3 Å². The summed E-state index contributed by atoms with van der Waals surface area (Å²) in [5.41, 5.74) is 4.88. The molecule has 0 saturated heterocycles. The molecule has 1 amide bonds.